The number of nitrogens with one attached hydrogen (secondary N) is 1. The van der Waals surface area contributed by atoms with Gasteiger partial charge in [0, 0.05) is 12.5 Å². The van der Waals surface area contributed by atoms with E-state index in [-0.39, 0.29) is 23.5 Å². The van der Waals surface area contributed by atoms with E-state index >= 15 is 0 Å². The van der Waals surface area contributed by atoms with E-state index in [2.05, 4.69) is 19.2 Å². The van der Waals surface area contributed by atoms with E-state index in [1.165, 1.54) is 0 Å². The smallest absolute Gasteiger partial charge is 0.226 e. The van der Waals surface area contributed by atoms with Crippen LogP contribution < -0.4 is 5.32 Å². The lowest BCUT2D eigenvalue weighted by Gasteiger charge is -2.39. The van der Waals surface area contributed by atoms with Crippen molar-refractivity contribution in [3.63, 3.8) is 0 Å². The summed E-state index contributed by atoms with van der Waals surface area (Å²) in [5.41, 5.74) is -0.175. The van der Waals surface area contributed by atoms with E-state index in [9.17, 15) is 4.79 Å². The van der Waals surface area contributed by atoms with Crippen molar-refractivity contribution in [1.82, 2.24) is 5.32 Å². The normalized spacial score (nSPS) is 39.2. The number of ether oxygens (including phenoxy) is 1. The highest BCUT2D eigenvalue weighted by Crippen LogP contribution is 2.34. The van der Waals surface area contributed by atoms with Gasteiger partial charge >= 0.3 is 0 Å². The van der Waals surface area contributed by atoms with Crippen molar-refractivity contribution in [1.29, 1.82) is 0 Å². The zero-order chi connectivity index (χ0) is 13.9. The van der Waals surface area contributed by atoms with Crippen LogP contribution >= 0.6 is 11.6 Å². The lowest BCUT2D eigenvalue weighted by Crippen LogP contribution is -2.54. The van der Waals surface area contributed by atoms with Crippen LogP contribution in [-0.4, -0.2) is 30.0 Å². The van der Waals surface area contributed by atoms with Gasteiger partial charge in [0.1, 0.15) is 0 Å². The molecule has 1 heterocycles. The zero-order valence-corrected chi connectivity index (χ0v) is 12.8. The third-order valence-electron chi connectivity index (χ3n) is 4.82. The fourth-order valence-corrected chi connectivity index (χ4v) is 3.65. The van der Waals surface area contributed by atoms with Gasteiger partial charge < -0.3 is 10.1 Å². The van der Waals surface area contributed by atoms with Gasteiger partial charge in [0.15, 0.2) is 0 Å². The number of halogens is 1. The third kappa shape index (κ3) is 3.43. The fraction of sp³-hybridized carbons (Fsp3) is 0.933. The Labute approximate surface area is 121 Å². The van der Waals surface area contributed by atoms with Crippen LogP contribution in [0.25, 0.3) is 0 Å². The molecule has 0 spiro atoms. The van der Waals surface area contributed by atoms with Crippen molar-refractivity contribution in [2.45, 2.75) is 64.0 Å². The fourth-order valence-electron chi connectivity index (χ4n) is 3.31. The van der Waals surface area contributed by atoms with E-state index in [0.717, 1.165) is 44.4 Å². The first kappa shape index (κ1) is 15.1. The summed E-state index contributed by atoms with van der Waals surface area (Å²) in [6, 6.07) is 0. The molecular formula is C15H26ClNO2. The van der Waals surface area contributed by atoms with Crippen LogP contribution in [0.1, 0.15) is 52.4 Å². The molecule has 2 rings (SSSR count). The highest BCUT2D eigenvalue weighted by atomic mass is 35.5. The molecule has 19 heavy (non-hydrogen) atoms. The maximum atomic E-state index is 12.5. The minimum atomic E-state index is -0.175. The van der Waals surface area contributed by atoms with E-state index in [1.807, 2.05) is 0 Å². The SMILES string of the molecule is CCC1OCCC1C(=O)NC1(CCl)CCC(C)CC1. The molecule has 1 saturated heterocycles. The summed E-state index contributed by atoms with van der Waals surface area (Å²) in [4.78, 5) is 12.5. The lowest BCUT2D eigenvalue weighted by molar-refractivity contribution is -0.129. The van der Waals surface area contributed by atoms with Crippen molar-refractivity contribution in [2.24, 2.45) is 11.8 Å². The minimum Gasteiger partial charge on any atom is -0.377 e. The topological polar surface area (TPSA) is 38.3 Å². The molecule has 0 bridgehead atoms. The monoisotopic (exact) mass is 287 g/mol. The number of carbonyl (C=O) groups excluding carboxylic acids is 1. The highest BCUT2D eigenvalue weighted by molar-refractivity contribution is 6.18. The van der Waals surface area contributed by atoms with Gasteiger partial charge in [0.25, 0.3) is 0 Å². The molecule has 1 aliphatic heterocycles. The molecule has 110 valence electrons. The number of alkyl halides is 1. The van der Waals surface area contributed by atoms with E-state index in [1.54, 1.807) is 0 Å². The molecule has 2 aliphatic rings. The van der Waals surface area contributed by atoms with E-state index in [0.29, 0.717) is 12.5 Å². The summed E-state index contributed by atoms with van der Waals surface area (Å²) in [7, 11) is 0. The molecule has 2 atom stereocenters. The van der Waals surface area contributed by atoms with Crippen molar-refractivity contribution in [2.75, 3.05) is 12.5 Å². The van der Waals surface area contributed by atoms with Gasteiger partial charge in [-0.2, -0.15) is 0 Å². The number of carbonyl (C=O) groups is 1. The summed E-state index contributed by atoms with van der Waals surface area (Å²) in [6.07, 6.45) is 6.18. The standard InChI is InChI=1S/C15H26ClNO2/c1-3-13-12(6-9-19-13)14(18)17-15(10-16)7-4-11(2)5-8-15/h11-13H,3-10H2,1-2H3,(H,17,18). The van der Waals surface area contributed by atoms with Crippen molar-refractivity contribution in [3.05, 3.63) is 0 Å². The molecule has 0 aromatic carbocycles. The Morgan fingerprint density at radius 1 is 1.37 bits per heavy atom. The van der Waals surface area contributed by atoms with Gasteiger partial charge in [-0.15, -0.1) is 11.6 Å². The summed E-state index contributed by atoms with van der Waals surface area (Å²) in [6.45, 7) is 5.06. The van der Waals surface area contributed by atoms with Crippen LogP contribution in [0, 0.1) is 11.8 Å². The van der Waals surface area contributed by atoms with E-state index in [4.69, 9.17) is 16.3 Å². The Bertz CT molecular complexity index is 313. The van der Waals surface area contributed by atoms with Crippen LogP contribution in [0.4, 0.5) is 0 Å². The average molecular weight is 288 g/mol. The van der Waals surface area contributed by atoms with Crippen LogP contribution in [0.2, 0.25) is 0 Å². The molecule has 0 aromatic heterocycles. The predicted octanol–water partition coefficient (Wildman–Crippen LogP) is 3.11. The van der Waals surface area contributed by atoms with Gasteiger partial charge in [-0.3, -0.25) is 4.79 Å². The maximum absolute atomic E-state index is 12.5. The minimum absolute atomic E-state index is 0.0180. The largest absolute Gasteiger partial charge is 0.377 e. The Hall–Kier alpha value is -0.280. The summed E-state index contributed by atoms with van der Waals surface area (Å²) < 4.78 is 5.61. The first-order valence-corrected chi connectivity index (χ1v) is 8.13. The molecule has 1 aliphatic carbocycles. The molecule has 3 nitrogen and oxygen atoms in total. The summed E-state index contributed by atoms with van der Waals surface area (Å²) in [5, 5.41) is 3.26. The molecule has 2 unspecified atom stereocenters. The van der Waals surface area contributed by atoms with Gasteiger partial charge in [0.2, 0.25) is 5.91 Å². The second-order valence-corrected chi connectivity index (χ2v) is 6.57. The maximum Gasteiger partial charge on any atom is 0.226 e. The van der Waals surface area contributed by atoms with Crippen molar-refractivity contribution >= 4 is 17.5 Å². The van der Waals surface area contributed by atoms with Gasteiger partial charge in [-0.1, -0.05) is 13.8 Å². The summed E-state index contributed by atoms with van der Waals surface area (Å²) in [5.74, 6) is 1.45. The quantitative estimate of drug-likeness (QED) is 0.807. The first-order valence-electron chi connectivity index (χ1n) is 7.60. The first-order chi connectivity index (χ1) is 9.10. The zero-order valence-electron chi connectivity index (χ0n) is 12.1. The predicted molar refractivity (Wildman–Crippen MR) is 77.4 cm³/mol. The van der Waals surface area contributed by atoms with E-state index < -0.39 is 0 Å². The Kier molecular flexibility index (Phi) is 5.13. The average Bonchev–Trinajstić information content (AvgIpc) is 2.90. The molecule has 0 radical (unpaired) electrons. The van der Waals surface area contributed by atoms with Gasteiger partial charge in [-0.25, -0.2) is 0 Å². The second kappa shape index (κ2) is 6.45. The number of rotatable bonds is 4. The molecular weight excluding hydrogens is 262 g/mol. The highest BCUT2D eigenvalue weighted by Gasteiger charge is 2.39. The molecule has 2 fully saturated rings. The van der Waals surface area contributed by atoms with Crippen molar-refractivity contribution < 1.29 is 9.53 Å². The molecule has 1 N–H and O–H groups in total. The molecule has 1 amide bonds. The van der Waals surface area contributed by atoms with Gasteiger partial charge in [-0.05, 0) is 44.4 Å². The molecule has 4 heteroatoms. The lowest BCUT2D eigenvalue weighted by atomic mass is 9.78. The Morgan fingerprint density at radius 3 is 2.63 bits per heavy atom. The van der Waals surface area contributed by atoms with Crippen LogP contribution in [0.5, 0.6) is 0 Å². The number of hydrogen-bond donors (Lipinski definition) is 1. The number of amides is 1. The Balaban J connectivity index is 1.96. The van der Waals surface area contributed by atoms with Gasteiger partial charge in [0.05, 0.1) is 17.6 Å². The van der Waals surface area contributed by atoms with Crippen molar-refractivity contribution in [3.8, 4) is 0 Å². The second-order valence-electron chi connectivity index (χ2n) is 6.30. The third-order valence-corrected chi connectivity index (χ3v) is 5.34. The van der Waals surface area contributed by atoms with Crippen LogP contribution in [0.3, 0.4) is 0 Å². The molecule has 0 aromatic rings. The van der Waals surface area contributed by atoms with Crippen LogP contribution in [-0.2, 0) is 9.53 Å². The molecule has 1 saturated carbocycles. The van der Waals surface area contributed by atoms with Crippen LogP contribution in [0.15, 0.2) is 0 Å². The number of hydrogen-bond acceptors (Lipinski definition) is 2. The Morgan fingerprint density at radius 2 is 2.05 bits per heavy atom. The summed E-state index contributed by atoms with van der Waals surface area (Å²) >= 11 is 6.16.